The molecule has 1 heterocycles. The number of hydrogen-bond acceptors (Lipinski definition) is 3. The van der Waals surface area contributed by atoms with Crippen molar-refractivity contribution < 1.29 is 4.74 Å². The SMILES string of the molecule is COc1cc(C)c(C)cc1CCNC1CCNCC1. The molecule has 0 spiro atoms. The van der Waals surface area contributed by atoms with Crippen LogP contribution < -0.4 is 15.4 Å². The molecule has 3 nitrogen and oxygen atoms in total. The summed E-state index contributed by atoms with van der Waals surface area (Å²) in [4.78, 5) is 0. The smallest absolute Gasteiger partial charge is 0.122 e. The molecule has 0 aromatic heterocycles. The number of hydrogen-bond donors (Lipinski definition) is 2. The number of piperidine rings is 1. The van der Waals surface area contributed by atoms with Crippen LogP contribution in [-0.4, -0.2) is 32.8 Å². The third kappa shape index (κ3) is 3.95. The van der Waals surface area contributed by atoms with Gasteiger partial charge in [-0.2, -0.15) is 0 Å². The molecule has 1 aromatic rings. The Labute approximate surface area is 116 Å². The Hall–Kier alpha value is -1.06. The lowest BCUT2D eigenvalue weighted by Crippen LogP contribution is -2.40. The van der Waals surface area contributed by atoms with Crippen molar-refractivity contribution in [2.24, 2.45) is 0 Å². The molecule has 0 aliphatic carbocycles. The summed E-state index contributed by atoms with van der Waals surface area (Å²) in [6.07, 6.45) is 3.52. The monoisotopic (exact) mass is 262 g/mol. The second-order valence-corrected chi connectivity index (χ2v) is 5.48. The van der Waals surface area contributed by atoms with Crippen molar-refractivity contribution in [3.8, 4) is 5.75 Å². The molecule has 1 fully saturated rings. The van der Waals surface area contributed by atoms with Crippen molar-refractivity contribution in [2.75, 3.05) is 26.7 Å². The Bertz CT molecular complexity index is 411. The molecule has 1 saturated heterocycles. The fourth-order valence-corrected chi connectivity index (χ4v) is 2.67. The largest absolute Gasteiger partial charge is 0.496 e. The molecule has 0 unspecified atom stereocenters. The topological polar surface area (TPSA) is 33.3 Å². The first-order valence-electron chi connectivity index (χ1n) is 7.29. The van der Waals surface area contributed by atoms with E-state index in [0.717, 1.165) is 31.8 Å². The van der Waals surface area contributed by atoms with Crippen molar-refractivity contribution >= 4 is 0 Å². The van der Waals surface area contributed by atoms with E-state index in [1.54, 1.807) is 7.11 Å². The van der Waals surface area contributed by atoms with E-state index < -0.39 is 0 Å². The van der Waals surface area contributed by atoms with Crippen molar-refractivity contribution in [2.45, 2.75) is 39.2 Å². The van der Waals surface area contributed by atoms with Gasteiger partial charge in [0.15, 0.2) is 0 Å². The van der Waals surface area contributed by atoms with Gasteiger partial charge in [0.1, 0.15) is 5.75 Å². The zero-order chi connectivity index (χ0) is 13.7. The molecule has 2 N–H and O–H groups in total. The first-order chi connectivity index (χ1) is 9.20. The highest BCUT2D eigenvalue weighted by Gasteiger charge is 2.12. The Morgan fingerprint density at radius 3 is 2.58 bits per heavy atom. The minimum absolute atomic E-state index is 0.679. The van der Waals surface area contributed by atoms with Gasteiger partial charge in [0, 0.05) is 6.04 Å². The highest BCUT2D eigenvalue weighted by atomic mass is 16.5. The van der Waals surface area contributed by atoms with Gasteiger partial charge >= 0.3 is 0 Å². The molecule has 0 radical (unpaired) electrons. The van der Waals surface area contributed by atoms with E-state index in [1.165, 1.54) is 29.5 Å². The van der Waals surface area contributed by atoms with Crippen molar-refractivity contribution in [3.63, 3.8) is 0 Å². The van der Waals surface area contributed by atoms with Crippen LogP contribution >= 0.6 is 0 Å². The quantitative estimate of drug-likeness (QED) is 0.853. The molecular formula is C16H26N2O. The molecule has 3 heteroatoms. The highest BCUT2D eigenvalue weighted by molar-refractivity contribution is 5.41. The summed E-state index contributed by atoms with van der Waals surface area (Å²) in [5, 5.41) is 7.05. The summed E-state index contributed by atoms with van der Waals surface area (Å²) in [5.74, 6) is 1.02. The summed E-state index contributed by atoms with van der Waals surface area (Å²) >= 11 is 0. The number of nitrogens with one attached hydrogen (secondary N) is 2. The van der Waals surface area contributed by atoms with E-state index in [0.29, 0.717) is 6.04 Å². The summed E-state index contributed by atoms with van der Waals surface area (Å²) < 4.78 is 5.49. The number of rotatable bonds is 5. The molecule has 1 aliphatic heterocycles. The fourth-order valence-electron chi connectivity index (χ4n) is 2.67. The first-order valence-corrected chi connectivity index (χ1v) is 7.29. The molecular weight excluding hydrogens is 236 g/mol. The Balaban J connectivity index is 1.89. The van der Waals surface area contributed by atoms with Gasteiger partial charge in [0.05, 0.1) is 7.11 Å². The molecule has 1 aliphatic rings. The van der Waals surface area contributed by atoms with Crippen LogP contribution in [0.25, 0.3) is 0 Å². The average Bonchev–Trinajstić information content (AvgIpc) is 2.43. The van der Waals surface area contributed by atoms with Crippen LogP contribution in [0.5, 0.6) is 5.75 Å². The predicted octanol–water partition coefficient (Wildman–Crippen LogP) is 2.20. The lowest BCUT2D eigenvalue weighted by atomic mass is 10.0. The Morgan fingerprint density at radius 1 is 1.21 bits per heavy atom. The van der Waals surface area contributed by atoms with Crippen molar-refractivity contribution in [1.29, 1.82) is 0 Å². The lowest BCUT2D eigenvalue weighted by Gasteiger charge is -2.24. The maximum atomic E-state index is 5.49. The molecule has 0 saturated carbocycles. The zero-order valence-electron chi connectivity index (χ0n) is 12.4. The lowest BCUT2D eigenvalue weighted by molar-refractivity contribution is 0.385. The van der Waals surface area contributed by atoms with Gasteiger partial charge in [-0.1, -0.05) is 6.07 Å². The number of benzene rings is 1. The normalized spacial score (nSPS) is 16.6. The van der Waals surface area contributed by atoms with Crippen LogP contribution in [0.1, 0.15) is 29.5 Å². The molecule has 0 amide bonds. The van der Waals surface area contributed by atoms with Crippen LogP contribution in [-0.2, 0) is 6.42 Å². The highest BCUT2D eigenvalue weighted by Crippen LogP contribution is 2.23. The first kappa shape index (κ1) is 14.4. The summed E-state index contributed by atoms with van der Waals surface area (Å²) in [6.45, 7) is 7.62. The van der Waals surface area contributed by atoms with Crippen LogP contribution in [0, 0.1) is 13.8 Å². The maximum Gasteiger partial charge on any atom is 0.122 e. The minimum Gasteiger partial charge on any atom is -0.496 e. The average molecular weight is 262 g/mol. The fraction of sp³-hybridized carbons (Fsp3) is 0.625. The summed E-state index contributed by atoms with van der Waals surface area (Å²) in [5.41, 5.74) is 3.96. The molecule has 1 aromatic carbocycles. The van der Waals surface area contributed by atoms with E-state index in [1.807, 2.05) is 0 Å². The standard InChI is InChI=1S/C16H26N2O/c1-12-10-14(16(19-3)11-13(12)2)4-9-18-15-5-7-17-8-6-15/h10-11,15,17-18H,4-9H2,1-3H3. The van der Waals surface area contributed by atoms with Gasteiger partial charge in [-0.15, -0.1) is 0 Å². The van der Waals surface area contributed by atoms with Crippen LogP contribution in [0.3, 0.4) is 0 Å². The van der Waals surface area contributed by atoms with Crippen molar-refractivity contribution in [3.05, 3.63) is 28.8 Å². The molecule has 2 rings (SSSR count). The Morgan fingerprint density at radius 2 is 1.89 bits per heavy atom. The number of ether oxygens (including phenoxy) is 1. The third-order valence-corrected chi connectivity index (χ3v) is 4.06. The van der Waals surface area contributed by atoms with Crippen LogP contribution in [0.15, 0.2) is 12.1 Å². The predicted molar refractivity (Wildman–Crippen MR) is 80.1 cm³/mol. The van der Waals surface area contributed by atoms with Gasteiger partial charge in [-0.05, 0) is 75.5 Å². The number of methoxy groups -OCH3 is 1. The van der Waals surface area contributed by atoms with Gasteiger partial charge in [-0.3, -0.25) is 0 Å². The minimum atomic E-state index is 0.679. The second kappa shape index (κ2) is 6.92. The van der Waals surface area contributed by atoms with Gasteiger partial charge in [0.25, 0.3) is 0 Å². The van der Waals surface area contributed by atoms with E-state index in [4.69, 9.17) is 4.74 Å². The van der Waals surface area contributed by atoms with Gasteiger partial charge in [-0.25, -0.2) is 0 Å². The molecule has 19 heavy (non-hydrogen) atoms. The maximum absolute atomic E-state index is 5.49. The zero-order valence-corrected chi connectivity index (χ0v) is 12.4. The van der Waals surface area contributed by atoms with Gasteiger partial charge in [0.2, 0.25) is 0 Å². The molecule has 0 bridgehead atoms. The molecule has 0 atom stereocenters. The van der Waals surface area contributed by atoms with E-state index >= 15 is 0 Å². The Kier molecular flexibility index (Phi) is 5.23. The van der Waals surface area contributed by atoms with E-state index in [9.17, 15) is 0 Å². The summed E-state index contributed by atoms with van der Waals surface area (Å²) in [6, 6.07) is 5.09. The number of aryl methyl sites for hydroxylation is 2. The van der Waals surface area contributed by atoms with Crippen LogP contribution in [0.2, 0.25) is 0 Å². The summed E-state index contributed by atoms with van der Waals surface area (Å²) in [7, 11) is 1.76. The van der Waals surface area contributed by atoms with E-state index in [2.05, 4.69) is 36.6 Å². The van der Waals surface area contributed by atoms with Crippen LogP contribution in [0.4, 0.5) is 0 Å². The third-order valence-electron chi connectivity index (χ3n) is 4.06. The van der Waals surface area contributed by atoms with Crippen molar-refractivity contribution in [1.82, 2.24) is 10.6 Å². The van der Waals surface area contributed by atoms with E-state index in [-0.39, 0.29) is 0 Å². The molecule has 106 valence electrons. The van der Waals surface area contributed by atoms with Gasteiger partial charge < -0.3 is 15.4 Å². The second-order valence-electron chi connectivity index (χ2n) is 5.48.